The summed E-state index contributed by atoms with van der Waals surface area (Å²) in [5.74, 6) is 1.51. The van der Waals surface area contributed by atoms with Crippen molar-refractivity contribution in [1.82, 2.24) is 9.91 Å². The lowest BCUT2D eigenvalue weighted by Crippen LogP contribution is -2.41. The lowest BCUT2D eigenvalue weighted by Gasteiger charge is -2.41. The van der Waals surface area contributed by atoms with Gasteiger partial charge in [-0.15, -0.1) is 0 Å². The Bertz CT molecular complexity index is 880. The third-order valence-corrected chi connectivity index (χ3v) is 7.90. The molecule has 0 aromatic heterocycles. The number of hydrogen-bond donors (Lipinski definition) is 0. The Labute approximate surface area is 201 Å². The summed E-state index contributed by atoms with van der Waals surface area (Å²) in [4.78, 5) is 2.24. The molecule has 0 amide bonds. The maximum atomic E-state index is 5.54. The van der Waals surface area contributed by atoms with Gasteiger partial charge < -0.3 is 4.90 Å². The molecule has 33 heavy (non-hydrogen) atoms. The van der Waals surface area contributed by atoms with E-state index in [1.165, 1.54) is 106 Å². The minimum absolute atomic E-state index is 0.404. The van der Waals surface area contributed by atoms with Crippen LogP contribution in [0.5, 0.6) is 0 Å². The number of benzene rings is 1. The monoisotopic (exact) mass is 445 g/mol. The first-order valence-electron chi connectivity index (χ1n) is 13.3. The molecule has 1 aromatic rings. The first-order valence-corrected chi connectivity index (χ1v) is 13.3. The zero-order chi connectivity index (χ0) is 23.2. The normalized spacial score (nSPS) is 23.3. The SMILES string of the molecule is C=CC(=C)N1Cc2cc(C)ccc2/C(C2CCCCC2)=N\N(C2CCCCCCCC2)C1=C. The highest BCUT2D eigenvalue weighted by atomic mass is 15.5. The number of nitrogens with zero attached hydrogens (tertiary/aromatic N) is 3. The minimum Gasteiger partial charge on any atom is -0.323 e. The van der Waals surface area contributed by atoms with Crippen molar-refractivity contribution < 1.29 is 0 Å². The van der Waals surface area contributed by atoms with E-state index in [0.29, 0.717) is 12.0 Å². The molecule has 0 unspecified atom stereocenters. The Morgan fingerprint density at radius 1 is 0.939 bits per heavy atom. The van der Waals surface area contributed by atoms with Crippen LogP contribution in [0.3, 0.4) is 0 Å². The van der Waals surface area contributed by atoms with Gasteiger partial charge in [0.1, 0.15) is 5.82 Å². The number of hydrazone groups is 1. The Morgan fingerprint density at radius 3 is 2.21 bits per heavy atom. The number of fused-ring (bicyclic) bond motifs is 1. The van der Waals surface area contributed by atoms with Crippen LogP contribution in [0.1, 0.15) is 100 Å². The number of hydrogen-bond acceptors (Lipinski definition) is 3. The summed E-state index contributed by atoms with van der Waals surface area (Å²) in [7, 11) is 0. The second-order valence-corrected chi connectivity index (χ2v) is 10.4. The molecule has 3 aliphatic rings. The molecule has 178 valence electrons. The van der Waals surface area contributed by atoms with Gasteiger partial charge in [-0.3, -0.25) is 0 Å². The van der Waals surface area contributed by atoms with Gasteiger partial charge in [0.25, 0.3) is 0 Å². The number of allylic oxidation sites excluding steroid dienone is 1. The van der Waals surface area contributed by atoms with Gasteiger partial charge in [-0.1, -0.05) is 101 Å². The van der Waals surface area contributed by atoms with E-state index in [0.717, 1.165) is 18.1 Å². The summed E-state index contributed by atoms with van der Waals surface area (Å²) in [6.45, 7) is 15.9. The summed E-state index contributed by atoms with van der Waals surface area (Å²) in [6.07, 6.45) is 18.7. The van der Waals surface area contributed by atoms with Gasteiger partial charge in [0, 0.05) is 17.2 Å². The van der Waals surface area contributed by atoms with E-state index in [9.17, 15) is 0 Å². The molecule has 2 fully saturated rings. The predicted octanol–water partition coefficient (Wildman–Crippen LogP) is 8.07. The topological polar surface area (TPSA) is 18.8 Å². The quantitative estimate of drug-likeness (QED) is 0.436. The van der Waals surface area contributed by atoms with Gasteiger partial charge in [0.05, 0.1) is 18.3 Å². The van der Waals surface area contributed by atoms with E-state index in [1.54, 1.807) is 0 Å². The van der Waals surface area contributed by atoms with Gasteiger partial charge >= 0.3 is 0 Å². The van der Waals surface area contributed by atoms with Crippen molar-refractivity contribution in [3.63, 3.8) is 0 Å². The number of rotatable bonds is 4. The fourth-order valence-electron chi connectivity index (χ4n) is 5.92. The molecule has 3 heteroatoms. The third-order valence-electron chi connectivity index (χ3n) is 7.90. The highest BCUT2D eigenvalue weighted by Crippen LogP contribution is 2.35. The highest BCUT2D eigenvalue weighted by Gasteiger charge is 2.31. The van der Waals surface area contributed by atoms with E-state index in [4.69, 9.17) is 5.10 Å². The van der Waals surface area contributed by atoms with Crippen LogP contribution >= 0.6 is 0 Å². The molecule has 2 saturated carbocycles. The van der Waals surface area contributed by atoms with Gasteiger partial charge in [-0.25, -0.2) is 5.01 Å². The van der Waals surface area contributed by atoms with Crippen molar-refractivity contribution in [2.45, 2.75) is 103 Å². The third kappa shape index (κ3) is 5.62. The van der Waals surface area contributed by atoms with Crippen LogP contribution in [0.25, 0.3) is 0 Å². The predicted molar refractivity (Wildman–Crippen MR) is 141 cm³/mol. The van der Waals surface area contributed by atoms with Crippen molar-refractivity contribution in [3.05, 3.63) is 72.2 Å². The smallest absolute Gasteiger partial charge is 0.123 e. The second kappa shape index (κ2) is 11.2. The average Bonchev–Trinajstić information content (AvgIpc) is 2.97. The zero-order valence-electron chi connectivity index (χ0n) is 20.8. The van der Waals surface area contributed by atoms with Crippen molar-refractivity contribution in [2.24, 2.45) is 11.0 Å². The van der Waals surface area contributed by atoms with Crippen molar-refractivity contribution in [2.75, 3.05) is 0 Å². The standard InChI is InChI=1S/C30H43N3/c1-5-24(3)32-22-27-21-23(2)19-20-29(27)30(26-15-11-10-12-16-26)31-33(25(32)4)28-17-13-8-6-7-9-14-18-28/h5,19-21,26,28H,1,3-4,6-18,22H2,2H3/b31-30-. The lowest BCUT2D eigenvalue weighted by molar-refractivity contribution is 0.168. The fourth-order valence-corrected chi connectivity index (χ4v) is 5.92. The molecule has 0 saturated heterocycles. The summed E-state index contributed by atoms with van der Waals surface area (Å²) >= 11 is 0. The summed E-state index contributed by atoms with van der Waals surface area (Å²) in [5, 5.41) is 7.85. The van der Waals surface area contributed by atoms with Crippen LogP contribution in [0.4, 0.5) is 0 Å². The molecule has 4 rings (SSSR count). The van der Waals surface area contributed by atoms with E-state index >= 15 is 0 Å². The van der Waals surface area contributed by atoms with Crippen LogP contribution in [0, 0.1) is 12.8 Å². The fraction of sp³-hybridized carbons (Fsp3) is 0.567. The molecule has 3 nitrogen and oxygen atoms in total. The molecule has 1 heterocycles. The molecular weight excluding hydrogens is 402 g/mol. The zero-order valence-corrected chi connectivity index (χ0v) is 20.8. The van der Waals surface area contributed by atoms with Gasteiger partial charge in [-0.2, -0.15) is 5.10 Å². The maximum Gasteiger partial charge on any atom is 0.123 e. The van der Waals surface area contributed by atoms with E-state index in [1.807, 2.05) is 6.08 Å². The molecule has 0 spiro atoms. The van der Waals surface area contributed by atoms with Crippen molar-refractivity contribution >= 4 is 5.71 Å². The van der Waals surface area contributed by atoms with Gasteiger partial charge in [0.2, 0.25) is 0 Å². The Balaban J connectivity index is 1.81. The van der Waals surface area contributed by atoms with E-state index < -0.39 is 0 Å². The Kier molecular flexibility index (Phi) is 8.11. The van der Waals surface area contributed by atoms with Crippen LogP contribution in [0.15, 0.2) is 60.6 Å². The molecule has 1 aliphatic heterocycles. The highest BCUT2D eigenvalue weighted by molar-refractivity contribution is 6.03. The van der Waals surface area contributed by atoms with Crippen LogP contribution in [-0.4, -0.2) is 21.7 Å². The second-order valence-electron chi connectivity index (χ2n) is 10.4. The van der Waals surface area contributed by atoms with Crippen molar-refractivity contribution in [3.8, 4) is 0 Å². The largest absolute Gasteiger partial charge is 0.323 e. The van der Waals surface area contributed by atoms with Crippen LogP contribution < -0.4 is 0 Å². The first kappa shape index (κ1) is 23.9. The molecule has 2 aliphatic carbocycles. The average molecular weight is 446 g/mol. The Hall–Kier alpha value is -2.29. The van der Waals surface area contributed by atoms with E-state index in [2.05, 4.69) is 54.8 Å². The van der Waals surface area contributed by atoms with E-state index in [-0.39, 0.29) is 0 Å². The number of aryl methyl sites for hydroxylation is 1. The molecule has 0 N–H and O–H groups in total. The van der Waals surface area contributed by atoms with Crippen molar-refractivity contribution in [1.29, 1.82) is 0 Å². The molecule has 0 radical (unpaired) electrons. The van der Waals surface area contributed by atoms with Gasteiger partial charge in [-0.05, 0) is 44.2 Å². The molecule has 0 bridgehead atoms. The first-order chi connectivity index (χ1) is 16.1. The maximum absolute atomic E-state index is 5.54. The molecule has 1 aromatic carbocycles. The lowest BCUT2D eigenvalue weighted by atomic mass is 9.81. The van der Waals surface area contributed by atoms with Gasteiger partial charge in [0.15, 0.2) is 0 Å². The molecule has 0 atom stereocenters. The Morgan fingerprint density at radius 2 is 1.55 bits per heavy atom. The minimum atomic E-state index is 0.404. The molecular formula is C30H43N3. The summed E-state index contributed by atoms with van der Waals surface area (Å²) in [6, 6.07) is 7.31. The van der Waals surface area contributed by atoms with Crippen LogP contribution in [0.2, 0.25) is 0 Å². The summed E-state index contributed by atoms with van der Waals surface area (Å²) in [5.41, 5.74) is 6.15. The summed E-state index contributed by atoms with van der Waals surface area (Å²) < 4.78 is 0. The van der Waals surface area contributed by atoms with Crippen LogP contribution in [-0.2, 0) is 6.54 Å².